The van der Waals surface area contributed by atoms with Crippen LogP contribution in [0.15, 0.2) is 23.6 Å². The minimum atomic E-state index is 0.0287. The van der Waals surface area contributed by atoms with Crippen LogP contribution in [-0.2, 0) is 4.74 Å². The molecule has 1 aliphatic heterocycles. The van der Waals surface area contributed by atoms with E-state index in [1.165, 1.54) is 15.3 Å². The first-order valence-electron chi connectivity index (χ1n) is 7.85. The molecule has 1 saturated heterocycles. The van der Waals surface area contributed by atoms with Gasteiger partial charge in [-0.1, -0.05) is 6.07 Å². The van der Waals surface area contributed by atoms with Crippen LogP contribution in [0.4, 0.5) is 0 Å². The average Bonchev–Trinajstić information content (AvgIpc) is 3.19. The minimum absolute atomic E-state index is 0.0287. The topological polar surface area (TPSA) is 41.6 Å². The Morgan fingerprint density at radius 1 is 1.39 bits per heavy atom. The number of amides is 1. The van der Waals surface area contributed by atoms with Crippen molar-refractivity contribution in [1.29, 1.82) is 0 Å². The second kappa shape index (κ2) is 7.57. The van der Waals surface area contributed by atoms with E-state index in [0.717, 1.165) is 31.2 Å². The molecular formula is C17H22N2O2S2. The molecule has 0 saturated carbocycles. The van der Waals surface area contributed by atoms with Crippen molar-refractivity contribution in [2.75, 3.05) is 32.8 Å². The van der Waals surface area contributed by atoms with Crippen LogP contribution in [0, 0.1) is 13.8 Å². The zero-order chi connectivity index (χ0) is 16.2. The van der Waals surface area contributed by atoms with Crippen LogP contribution >= 0.6 is 22.7 Å². The Labute approximate surface area is 145 Å². The Morgan fingerprint density at radius 2 is 2.17 bits per heavy atom. The molecule has 0 aliphatic carbocycles. The van der Waals surface area contributed by atoms with Gasteiger partial charge in [0.05, 0.1) is 24.1 Å². The third kappa shape index (κ3) is 4.01. The summed E-state index contributed by atoms with van der Waals surface area (Å²) in [5, 5.41) is 5.21. The fourth-order valence-corrected chi connectivity index (χ4v) is 4.55. The molecule has 3 rings (SSSR count). The summed E-state index contributed by atoms with van der Waals surface area (Å²) in [5.41, 5.74) is 1.18. The number of morpholine rings is 1. The fourth-order valence-electron chi connectivity index (χ4n) is 2.74. The Hall–Kier alpha value is -1.21. The highest BCUT2D eigenvalue weighted by molar-refractivity contribution is 7.14. The van der Waals surface area contributed by atoms with Gasteiger partial charge in [0.2, 0.25) is 0 Å². The van der Waals surface area contributed by atoms with Crippen molar-refractivity contribution in [2.45, 2.75) is 19.9 Å². The highest BCUT2D eigenvalue weighted by atomic mass is 32.1. The van der Waals surface area contributed by atoms with Crippen LogP contribution in [0.2, 0.25) is 0 Å². The average molecular weight is 351 g/mol. The summed E-state index contributed by atoms with van der Waals surface area (Å²) < 4.78 is 5.45. The third-order valence-corrected chi connectivity index (χ3v) is 6.33. The molecule has 0 unspecified atom stereocenters. The lowest BCUT2D eigenvalue weighted by atomic mass is 10.2. The molecule has 0 spiro atoms. The smallest absolute Gasteiger partial charge is 0.261 e. The summed E-state index contributed by atoms with van der Waals surface area (Å²) in [7, 11) is 0. The first-order valence-corrected chi connectivity index (χ1v) is 9.55. The monoisotopic (exact) mass is 350 g/mol. The highest BCUT2D eigenvalue weighted by Crippen LogP contribution is 2.26. The van der Waals surface area contributed by atoms with Crippen molar-refractivity contribution >= 4 is 28.6 Å². The number of thiophene rings is 2. The zero-order valence-corrected chi connectivity index (χ0v) is 15.1. The molecule has 23 heavy (non-hydrogen) atoms. The highest BCUT2D eigenvalue weighted by Gasteiger charge is 2.24. The van der Waals surface area contributed by atoms with Crippen molar-refractivity contribution in [2.24, 2.45) is 0 Å². The molecular weight excluding hydrogens is 328 g/mol. The Morgan fingerprint density at radius 3 is 2.78 bits per heavy atom. The SMILES string of the molecule is Cc1cc(C(=O)NC[C@@H](c2cccs2)N2CCOCC2)sc1C. The molecule has 6 heteroatoms. The number of nitrogens with one attached hydrogen (secondary N) is 1. The van der Waals surface area contributed by atoms with E-state index in [2.05, 4.69) is 34.7 Å². The van der Waals surface area contributed by atoms with E-state index in [0.29, 0.717) is 6.54 Å². The van der Waals surface area contributed by atoms with Crippen molar-refractivity contribution in [3.8, 4) is 0 Å². The van der Waals surface area contributed by atoms with Crippen LogP contribution in [0.1, 0.15) is 31.0 Å². The number of hydrogen-bond acceptors (Lipinski definition) is 5. The summed E-state index contributed by atoms with van der Waals surface area (Å²) in [6.07, 6.45) is 0. The Bertz CT molecular complexity index is 626. The van der Waals surface area contributed by atoms with Gasteiger partial charge in [0.15, 0.2) is 0 Å². The molecule has 1 aliphatic rings. The van der Waals surface area contributed by atoms with Crippen LogP contribution in [-0.4, -0.2) is 43.7 Å². The van der Waals surface area contributed by atoms with Gasteiger partial charge in [-0.05, 0) is 36.9 Å². The minimum Gasteiger partial charge on any atom is -0.379 e. The number of nitrogens with zero attached hydrogens (tertiary/aromatic N) is 1. The van der Waals surface area contributed by atoms with E-state index in [-0.39, 0.29) is 11.9 Å². The van der Waals surface area contributed by atoms with Crippen LogP contribution < -0.4 is 5.32 Å². The molecule has 0 bridgehead atoms. The Kier molecular flexibility index (Phi) is 5.48. The zero-order valence-electron chi connectivity index (χ0n) is 13.5. The molecule has 1 N–H and O–H groups in total. The van der Waals surface area contributed by atoms with Crippen molar-refractivity contribution in [1.82, 2.24) is 10.2 Å². The molecule has 0 aromatic carbocycles. The largest absolute Gasteiger partial charge is 0.379 e. The van der Waals surface area contributed by atoms with E-state index in [4.69, 9.17) is 4.74 Å². The van der Waals surface area contributed by atoms with E-state index in [1.807, 2.05) is 13.0 Å². The lowest BCUT2D eigenvalue weighted by Crippen LogP contribution is -2.43. The van der Waals surface area contributed by atoms with Crippen LogP contribution in [0.3, 0.4) is 0 Å². The normalized spacial score (nSPS) is 17.1. The van der Waals surface area contributed by atoms with Crippen molar-refractivity contribution in [3.63, 3.8) is 0 Å². The fraction of sp³-hybridized carbons (Fsp3) is 0.471. The summed E-state index contributed by atoms with van der Waals surface area (Å²) >= 11 is 3.31. The molecule has 124 valence electrons. The summed E-state index contributed by atoms with van der Waals surface area (Å²) in [4.78, 5) is 18.1. The molecule has 4 nitrogen and oxygen atoms in total. The standard InChI is InChI=1S/C17H22N2O2S2/c1-12-10-16(23-13(12)2)17(20)18-11-14(15-4-3-9-22-15)19-5-7-21-8-6-19/h3-4,9-10,14H,5-8,11H2,1-2H3,(H,18,20)/t14-/m0/s1. The van der Waals surface area contributed by atoms with Gasteiger partial charge < -0.3 is 10.1 Å². The molecule has 1 fully saturated rings. The Balaban J connectivity index is 1.67. The number of carbonyl (C=O) groups excluding carboxylic acids is 1. The van der Waals surface area contributed by atoms with Crippen molar-refractivity contribution in [3.05, 3.63) is 43.8 Å². The molecule has 2 aromatic rings. The number of carbonyl (C=O) groups is 1. The molecule has 0 radical (unpaired) electrons. The summed E-state index contributed by atoms with van der Waals surface area (Å²) in [6, 6.07) is 6.42. The van der Waals surface area contributed by atoms with Crippen molar-refractivity contribution < 1.29 is 9.53 Å². The molecule has 2 aromatic heterocycles. The molecule has 1 atom stereocenters. The van der Waals surface area contributed by atoms with E-state index in [9.17, 15) is 4.79 Å². The van der Waals surface area contributed by atoms with Crippen LogP contribution in [0.25, 0.3) is 0 Å². The maximum Gasteiger partial charge on any atom is 0.261 e. The number of ether oxygens (including phenoxy) is 1. The van der Waals surface area contributed by atoms with E-state index in [1.54, 1.807) is 22.7 Å². The van der Waals surface area contributed by atoms with E-state index >= 15 is 0 Å². The second-order valence-corrected chi connectivity index (χ2v) is 7.98. The number of rotatable bonds is 5. The maximum absolute atomic E-state index is 12.4. The maximum atomic E-state index is 12.4. The van der Waals surface area contributed by atoms with Gasteiger partial charge in [0, 0.05) is 29.4 Å². The third-order valence-electron chi connectivity index (χ3n) is 4.20. The predicted molar refractivity (Wildman–Crippen MR) is 95.6 cm³/mol. The predicted octanol–water partition coefficient (Wildman–Crippen LogP) is 3.23. The molecule has 3 heterocycles. The van der Waals surface area contributed by atoms with Gasteiger partial charge in [0.1, 0.15) is 0 Å². The lowest BCUT2D eigenvalue weighted by molar-refractivity contribution is 0.0169. The van der Waals surface area contributed by atoms with Gasteiger partial charge in [-0.2, -0.15) is 0 Å². The lowest BCUT2D eigenvalue weighted by Gasteiger charge is -2.34. The second-order valence-electron chi connectivity index (χ2n) is 5.74. The van der Waals surface area contributed by atoms with Gasteiger partial charge in [0.25, 0.3) is 5.91 Å². The first kappa shape index (κ1) is 16.6. The van der Waals surface area contributed by atoms with Gasteiger partial charge in [-0.15, -0.1) is 22.7 Å². The van der Waals surface area contributed by atoms with E-state index < -0.39 is 0 Å². The number of aryl methyl sites for hydroxylation is 2. The van der Waals surface area contributed by atoms with Crippen LogP contribution in [0.5, 0.6) is 0 Å². The summed E-state index contributed by atoms with van der Waals surface area (Å²) in [6.45, 7) is 8.09. The molecule has 1 amide bonds. The van der Waals surface area contributed by atoms with Gasteiger partial charge in [-0.3, -0.25) is 9.69 Å². The first-order chi connectivity index (χ1) is 11.1. The number of hydrogen-bond donors (Lipinski definition) is 1. The van der Waals surface area contributed by atoms with Gasteiger partial charge >= 0.3 is 0 Å². The quantitative estimate of drug-likeness (QED) is 0.900. The van der Waals surface area contributed by atoms with Gasteiger partial charge in [-0.25, -0.2) is 0 Å². The summed E-state index contributed by atoms with van der Waals surface area (Å²) in [5.74, 6) is 0.0287.